The van der Waals surface area contributed by atoms with Gasteiger partial charge in [-0.3, -0.25) is 0 Å². The molecule has 0 saturated carbocycles. The fraction of sp³-hybridized carbons (Fsp3) is 0.0435. The van der Waals surface area contributed by atoms with Gasteiger partial charge in [0.1, 0.15) is 0 Å². The van der Waals surface area contributed by atoms with Crippen molar-refractivity contribution >= 4 is 57.2 Å². The van der Waals surface area contributed by atoms with Crippen molar-refractivity contribution in [3.63, 3.8) is 0 Å². The number of rotatable bonds is 12. The average molecular weight is 1230 g/mol. The summed E-state index contributed by atoms with van der Waals surface area (Å²) in [6.07, 6.45) is 0. The molecular weight excluding hydrogens is 1160 g/mol. The van der Waals surface area contributed by atoms with E-state index in [0.29, 0.717) is 0 Å². The van der Waals surface area contributed by atoms with Crippen molar-refractivity contribution in [2.45, 2.75) is 26.2 Å². The molecule has 3 heterocycles. The number of hydrogen-bond acceptors (Lipinski definition) is 2. The maximum Gasteiger partial charge on any atom is 0.252 e. The Balaban J connectivity index is 1.06. The van der Waals surface area contributed by atoms with Crippen molar-refractivity contribution in [3.8, 4) is 106 Å². The monoisotopic (exact) mass is 1230 g/mol. The highest BCUT2D eigenvalue weighted by Crippen LogP contribution is 2.56. The van der Waals surface area contributed by atoms with Gasteiger partial charge in [-0.05, 0) is 113 Å². The minimum atomic E-state index is -0.303. The van der Waals surface area contributed by atoms with Crippen LogP contribution in [0.15, 0.2) is 358 Å². The molecule has 0 unspecified atom stereocenters. The Hall–Kier alpha value is -12.0. The highest BCUT2D eigenvalue weighted by atomic mass is 15.2. The number of benzene rings is 14. The first kappa shape index (κ1) is 57.9. The number of nitrogens with zero attached hydrogens (tertiary/aromatic N) is 3. The van der Waals surface area contributed by atoms with Crippen LogP contribution >= 0.6 is 0 Å². The third-order valence-corrected chi connectivity index (χ3v) is 19.5. The van der Waals surface area contributed by atoms with E-state index in [-0.39, 0.29) is 12.1 Å². The molecule has 0 radical (unpaired) electrons. The fourth-order valence-corrected chi connectivity index (χ4v) is 15.2. The van der Waals surface area contributed by atoms with Gasteiger partial charge >= 0.3 is 0 Å². The molecule has 15 aromatic rings. The molecule has 1 aromatic heterocycles. The molecule has 0 amide bonds. The number of aromatic nitrogens is 1. The first-order valence-corrected chi connectivity index (χ1v) is 33.4. The van der Waals surface area contributed by atoms with Crippen LogP contribution in [0.3, 0.4) is 0 Å². The van der Waals surface area contributed by atoms with Gasteiger partial charge in [-0.15, -0.1) is 0 Å². The zero-order valence-corrected chi connectivity index (χ0v) is 54.0. The first-order chi connectivity index (χ1) is 47.3. The van der Waals surface area contributed by atoms with E-state index in [0.717, 1.165) is 118 Å². The lowest BCUT2D eigenvalue weighted by molar-refractivity contribution is 0.590. The van der Waals surface area contributed by atoms with E-state index < -0.39 is 0 Å². The van der Waals surface area contributed by atoms with E-state index in [1.165, 1.54) is 44.2 Å². The van der Waals surface area contributed by atoms with Crippen LogP contribution in [-0.2, 0) is 5.41 Å². The number of hydrogen-bond donors (Lipinski definition) is 0. The largest absolute Gasteiger partial charge is 0.310 e. The Kier molecular flexibility index (Phi) is 14.6. The highest BCUT2D eigenvalue weighted by Gasteiger charge is 2.46. The standard InChI is InChI=1S/C92H68BN3/c1-92(2,3)73-60-83-87-84(61-73)96(91-77(66-39-19-7-20-40-66)53-32-54-78(91)67-41-21-8-22-42-67)82-62-74(94-88(70-47-27-11-28-48-70)85(68-43-23-9-24-44-68)86(69-45-25-10-26-46-69)89(94)71-49-29-12-30-50-71)56-57-79(82)93(87)80-59-72(63-33-13-4-14-34-63)55-58-81(80)95(83)90-75(64-35-15-5-16-36-64)51-31-52-76(90)65-37-17-6-18-38-65/h4-62H,1-3H3. The maximum atomic E-state index is 2.70. The molecule has 3 nitrogen and oxygen atoms in total. The Morgan fingerprint density at radius 3 is 0.969 bits per heavy atom. The van der Waals surface area contributed by atoms with Gasteiger partial charge in [0.2, 0.25) is 0 Å². The molecule has 0 atom stereocenters. The Morgan fingerprint density at radius 2 is 0.594 bits per heavy atom. The molecule has 2 aliphatic rings. The van der Waals surface area contributed by atoms with E-state index in [9.17, 15) is 0 Å². The zero-order valence-electron chi connectivity index (χ0n) is 54.0. The van der Waals surface area contributed by atoms with Crippen LogP contribution in [0.1, 0.15) is 26.3 Å². The van der Waals surface area contributed by atoms with Crippen molar-refractivity contribution in [1.29, 1.82) is 0 Å². The molecule has 0 spiro atoms. The smallest absolute Gasteiger partial charge is 0.252 e. The average Bonchev–Trinajstić information content (AvgIpc) is 1.27. The second-order valence-corrected chi connectivity index (χ2v) is 26.3. The van der Waals surface area contributed by atoms with Crippen molar-refractivity contribution in [2.75, 3.05) is 9.80 Å². The van der Waals surface area contributed by atoms with Gasteiger partial charge < -0.3 is 14.4 Å². The third-order valence-electron chi connectivity index (χ3n) is 19.5. The van der Waals surface area contributed by atoms with E-state index in [4.69, 9.17) is 0 Å². The summed E-state index contributed by atoms with van der Waals surface area (Å²) < 4.78 is 2.59. The minimum absolute atomic E-state index is 0.237. The van der Waals surface area contributed by atoms with Gasteiger partial charge in [0, 0.05) is 61.8 Å². The predicted octanol–water partition coefficient (Wildman–Crippen LogP) is 22.9. The van der Waals surface area contributed by atoms with Gasteiger partial charge in [0.15, 0.2) is 0 Å². The second kappa shape index (κ2) is 24.2. The fourth-order valence-electron chi connectivity index (χ4n) is 15.2. The summed E-state index contributed by atoms with van der Waals surface area (Å²) in [5.74, 6) is 0. The summed E-state index contributed by atoms with van der Waals surface area (Å²) in [6, 6.07) is 133. The number of para-hydroxylation sites is 2. The molecule has 454 valence electrons. The van der Waals surface area contributed by atoms with Crippen LogP contribution < -0.4 is 26.2 Å². The van der Waals surface area contributed by atoms with E-state index >= 15 is 0 Å². The molecule has 0 aliphatic carbocycles. The second-order valence-electron chi connectivity index (χ2n) is 26.3. The molecular formula is C92H68BN3. The molecule has 0 bridgehead atoms. The van der Waals surface area contributed by atoms with Gasteiger partial charge in [0.05, 0.1) is 22.8 Å². The molecule has 17 rings (SSSR count). The summed E-state index contributed by atoms with van der Waals surface area (Å²) in [7, 11) is 0. The SMILES string of the molecule is CC(C)(C)c1cc2c3c(c1)N(c1c(-c4ccccc4)cccc1-c1ccccc1)c1cc(-n4c(-c5ccccc5)c(-c5ccccc5)c(-c5ccccc5)c4-c4ccccc4)ccc1B3c1cc(-c3ccccc3)ccc1N2c1c(-c2ccccc2)cccc1-c1ccccc1. The van der Waals surface area contributed by atoms with E-state index in [1.54, 1.807) is 0 Å². The Morgan fingerprint density at radius 1 is 0.250 bits per heavy atom. The number of fused-ring (bicyclic) bond motifs is 4. The summed E-state index contributed by atoms with van der Waals surface area (Å²) in [5.41, 5.74) is 33.1. The molecule has 96 heavy (non-hydrogen) atoms. The van der Waals surface area contributed by atoms with Gasteiger partial charge in [0.25, 0.3) is 6.71 Å². The van der Waals surface area contributed by atoms with Crippen molar-refractivity contribution in [2.24, 2.45) is 0 Å². The van der Waals surface area contributed by atoms with Crippen molar-refractivity contribution in [3.05, 3.63) is 363 Å². The summed E-state index contributed by atoms with van der Waals surface area (Å²) in [4.78, 5) is 5.36. The van der Waals surface area contributed by atoms with Crippen LogP contribution in [0, 0.1) is 0 Å². The van der Waals surface area contributed by atoms with Crippen LogP contribution in [0.5, 0.6) is 0 Å². The lowest BCUT2D eigenvalue weighted by atomic mass is 9.33. The van der Waals surface area contributed by atoms with Crippen LogP contribution in [0.4, 0.5) is 34.1 Å². The summed E-state index contributed by atoms with van der Waals surface area (Å²) in [5, 5.41) is 0. The normalized spacial score (nSPS) is 12.3. The molecule has 0 N–H and O–H groups in total. The molecule has 4 heteroatoms. The van der Waals surface area contributed by atoms with Crippen LogP contribution in [0.25, 0.3) is 106 Å². The third kappa shape index (κ3) is 10.0. The van der Waals surface area contributed by atoms with Gasteiger partial charge in [-0.25, -0.2) is 0 Å². The van der Waals surface area contributed by atoms with Crippen LogP contribution in [-0.4, -0.2) is 11.3 Å². The van der Waals surface area contributed by atoms with Crippen LogP contribution in [0.2, 0.25) is 0 Å². The van der Waals surface area contributed by atoms with Gasteiger partial charge in [-0.2, -0.15) is 0 Å². The maximum absolute atomic E-state index is 2.70. The van der Waals surface area contributed by atoms with Crippen molar-refractivity contribution in [1.82, 2.24) is 4.57 Å². The molecule has 0 saturated heterocycles. The van der Waals surface area contributed by atoms with Crippen molar-refractivity contribution < 1.29 is 0 Å². The lowest BCUT2D eigenvalue weighted by Crippen LogP contribution is -2.61. The molecule has 14 aromatic carbocycles. The topological polar surface area (TPSA) is 11.4 Å². The highest BCUT2D eigenvalue weighted by molar-refractivity contribution is 7.00. The van der Waals surface area contributed by atoms with E-state index in [2.05, 4.69) is 393 Å². The Bertz CT molecular complexity index is 5130. The predicted molar refractivity (Wildman–Crippen MR) is 407 cm³/mol. The summed E-state index contributed by atoms with van der Waals surface area (Å²) in [6.45, 7) is 6.90. The lowest BCUT2D eigenvalue weighted by Gasteiger charge is -2.46. The van der Waals surface area contributed by atoms with E-state index in [1.807, 2.05) is 0 Å². The minimum Gasteiger partial charge on any atom is -0.310 e. The quantitative estimate of drug-likeness (QED) is 0.113. The summed E-state index contributed by atoms with van der Waals surface area (Å²) >= 11 is 0. The molecule has 0 fully saturated rings. The first-order valence-electron chi connectivity index (χ1n) is 33.4. The van der Waals surface area contributed by atoms with Gasteiger partial charge in [-0.1, -0.05) is 348 Å². The zero-order chi connectivity index (χ0) is 64.3. The molecule has 2 aliphatic heterocycles. The number of anilines is 6. The Labute approximate surface area is 563 Å².